The van der Waals surface area contributed by atoms with E-state index in [-0.39, 0.29) is 17.9 Å². The third-order valence-electron chi connectivity index (χ3n) is 5.94. The molecule has 4 rings (SSSR count). The lowest BCUT2D eigenvalue weighted by Gasteiger charge is -2.43. The van der Waals surface area contributed by atoms with Crippen molar-refractivity contribution in [2.75, 3.05) is 11.9 Å². The zero-order chi connectivity index (χ0) is 18.6. The lowest BCUT2D eigenvalue weighted by atomic mass is 9.65. The van der Waals surface area contributed by atoms with E-state index in [1.54, 1.807) is 11.0 Å². The van der Waals surface area contributed by atoms with Gasteiger partial charge in [-0.1, -0.05) is 12.5 Å². The Hall–Kier alpha value is -2.41. The minimum atomic E-state index is 0.0667. The van der Waals surface area contributed by atoms with Crippen molar-refractivity contribution in [2.45, 2.75) is 44.7 Å². The molecule has 7 nitrogen and oxygen atoms in total. The van der Waals surface area contributed by atoms with Crippen molar-refractivity contribution in [2.24, 2.45) is 23.5 Å². The van der Waals surface area contributed by atoms with E-state index in [1.165, 1.54) is 12.7 Å². The quantitative estimate of drug-likeness (QED) is 0.815. The summed E-state index contributed by atoms with van der Waals surface area (Å²) in [6.07, 6.45) is 8.57. The first-order valence-electron chi connectivity index (χ1n) is 9.81. The van der Waals surface area contributed by atoms with Crippen molar-refractivity contribution >= 4 is 11.6 Å². The number of hydrogen-bond acceptors (Lipinski definition) is 5. The van der Waals surface area contributed by atoms with Gasteiger partial charge in [0.05, 0.1) is 6.54 Å². The summed E-state index contributed by atoms with van der Waals surface area (Å²) >= 11 is 0. The molecule has 2 fully saturated rings. The highest BCUT2D eigenvalue weighted by Gasteiger charge is 2.40. The number of rotatable bonds is 6. The van der Waals surface area contributed by atoms with Crippen LogP contribution in [0.25, 0.3) is 0 Å². The molecule has 1 aromatic heterocycles. The lowest BCUT2D eigenvalue weighted by molar-refractivity contribution is -0.122. The van der Waals surface area contributed by atoms with Gasteiger partial charge in [-0.25, -0.2) is 9.67 Å². The molecule has 2 aliphatic rings. The highest BCUT2D eigenvalue weighted by atomic mass is 16.5. The van der Waals surface area contributed by atoms with Crippen molar-refractivity contribution < 1.29 is 9.53 Å². The van der Waals surface area contributed by atoms with Crippen molar-refractivity contribution in [1.29, 1.82) is 0 Å². The first-order chi connectivity index (χ1) is 13.2. The molecule has 2 unspecified atom stereocenters. The van der Waals surface area contributed by atoms with Crippen LogP contribution in [0.4, 0.5) is 5.69 Å². The maximum Gasteiger partial charge on any atom is 0.227 e. The predicted octanol–water partition coefficient (Wildman–Crippen LogP) is 2.45. The van der Waals surface area contributed by atoms with Crippen LogP contribution < -0.4 is 15.8 Å². The fraction of sp³-hybridized carbons (Fsp3) is 0.550. The molecule has 0 aliphatic heterocycles. The summed E-state index contributed by atoms with van der Waals surface area (Å²) in [6, 6.07) is 7.84. The number of anilines is 1. The second-order valence-electron chi connectivity index (χ2n) is 7.72. The van der Waals surface area contributed by atoms with Crippen LogP contribution in [0, 0.1) is 17.8 Å². The van der Waals surface area contributed by atoms with Gasteiger partial charge in [0, 0.05) is 23.7 Å². The molecule has 2 aliphatic carbocycles. The number of carbonyl (C=O) groups excluding carboxylic acids is 1. The van der Waals surface area contributed by atoms with Gasteiger partial charge in [-0.15, -0.1) is 0 Å². The van der Waals surface area contributed by atoms with Crippen LogP contribution in [0.15, 0.2) is 36.9 Å². The van der Waals surface area contributed by atoms with Gasteiger partial charge in [0.25, 0.3) is 0 Å². The maximum atomic E-state index is 12.8. The zero-order valence-corrected chi connectivity index (χ0v) is 15.5. The number of aromatic nitrogens is 3. The van der Waals surface area contributed by atoms with E-state index >= 15 is 0 Å². The fourth-order valence-corrected chi connectivity index (χ4v) is 4.52. The number of nitrogens with two attached hydrogens (primary N) is 1. The molecular weight excluding hydrogens is 342 g/mol. The Kier molecular flexibility index (Phi) is 5.38. The van der Waals surface area contributed by atoms with E-state index in [1.807, 2.05) is 24.3 Å². The number of fused-ring (bicyclic) bond motifs is 2. The summed E-state index contributed by atoms with van der Waals surface area (Å²) < 4.78 is 7.48. The van der Waals surface area contributed by atoms with Gasteiger partial charge >= 0.3 is 0 Å². The average molecular weight is 369 g/mol. The molecule has 1 heterocycles. The predicted molar refractivity (Wildman–Crippen MR) is 102 cm³/mol. The Balaban J connectivity index is 1.31. The smallest absolute Gasteiger partial charge is 0.227 e. The van der Waals surface area contributed by atoms with E-state index < -0.39 is 0 Å². The van der Waals surface area contributed by atoms with Gasteiger partial charge in [-0.3, -0.25) is 4.79 Å². The number of nitrogens with zero attached hydrogens (tertiary/aromatic N) is 3. The normalized spacial score (nSPS) is 27.1. The number of benzene rings is 1. The minimum Gasteiger partial charge on any atom is -0.492 e. The number of hydrogen-bond donors (Lipinski definition) is 2. The van der Waals surface area contributed by atoms with Gasteiger partial charge < -0.3 is 15.8 Å². The van der Waals surface area contributed by atoms with Crippen molar-refractivity contribution in [3.8, 4) is 5.75 Å². The maximum absolute atomic E-state index is 12.8. The molecule has 3 N–H and O–H groups in total. The summed E-state index contributed by atoms with van der Waals surface area (Å²) in [5, 5.41) is 7.12. The monoisotopic (exact) mass is 369 g/mol. The molecule has 0 saturated heterocycles. The van der Waals surface area contributed by atoms with Gasteiger partial charge in [0.15, 0.2) is 0 Å². The molecule has 1 amide bonds. The summed E-state index contributed by atoms with van der Waals surface area (Å²) in [4.78, 5) is 16.7. The molecule has 1 aromatic carbocycles. The number of amides is 1. The Morgan fingerprint density at radius 3 is 2.85 bits per heavy atom. The van der Waals surface area contributed by atoms with E-state index in [0.29, 0.717) is 25.0 Å². The van der Waals surface area contributed by atoms with Gasteiger partial charge in [0.2, 0.25) is 5.91 Å². The van der Waals surface area contributed by atoms with Crippen molar-refractivity contribution in [1.82, 2.24) is 14.8 Å². The van der Waals surface area contributed by atoms with Gasteiger partial charge in [-0.05, 0) is 49.7 Å². The molecular formula is C20H27N5O2. The number of nitrogens with one attached hydrogen (secondary N) is 1. The molecule has 0 radical (unpaired) electrons. The highest BCUT2D eigenvalue weighted by molar-refractivity contribution is 5.92. The molecule has 0 spiro atoms. The second-order valence-corrected chi connectivity index (χ2v) is 7.72. The number of ether oxygens (including phenoxy) is 1. The third-order valence-corrected chi connectivity index (χ3v) is 5.94. The Morgan fingerprint density at radius 1 is 1.30 bits per heavy atom. The Labute approximate surface area is 159 Å². The van der Waals surface area contributed by atoms with E-state index in [0.717, 1.165) is 37.1 Å². The Bertz CT molecular complexity index is 749. The average Bonchev–Trinajstić information content (AvgIpc) is 3.15. The minimum absolute atomic E-state index is 0.0667. The fourth-order valence-electron chi connectivity index (χ4n) is 4.52. The van der Waals surface area contributed by atoms with E-state index in [2.05, 4.69) is 15.4 Å². The molecule has 2 atom stereocenters. The van der Waals surface area contributed by atoms with Crippen LogP contribution in [0.5, 0.6) is 5.75 Å². The second kappa shape index (κ2) is 8.08. The summed E-state index contributed by atoms with van der Waals surface area (Å²) in [5.41, 5.74) is 7.12. The summed E-state index contributed by atoms with van der Waals surface area (Å²) in [7, 11) is 0. The van der Waals surface area contributed by atoms with Crippen molar-refractivity contribution in [3.63, 3.8) is 0 Å². The molecule has 7 heteroatoms. The van der Waals surface area contributed by atoms with Crippen LogP contribution in [0.2, 0.25) is 0 Å². The largest absolute Gasteiger partial charge is 0.492 e. The van der Waals surface area contributed by atoms with Crippen LogP contribution in [0.3, 0.4) is 0 Å². The van der Waals surface area contributed by atoms with Crippen molar-refractivity contribution in [3.05, 3.63) is 36.9 Å². The molecule has 2 saturated carbocycles. The highest BCUT2D eigenvalue weighted by Crippen LogP contribution is 2.42. The third kappa shape index (κ3) is 4.30. The summed E-state index contributed by atoms with van der Waals surface area (Å²) in [6.45, 7) is 1.12. The summed E-state index contributed by atoms with van der Waals surface area (Å²) in [5.74, 6) is 1.91. The Morgan fingerprint density at radius 2 is 2.11 bits per heavy atom. The van der Waals surface area contributed by atoms with Crippen LogP contribution in [-0.2, 0) is 11.3 Å². The van der Waals surface area contributed by atoms with E-state index in [4.69, 9.17) is 10.5 Å². The molecule has 144 valence electrons. The zero-order valence-electron chi connectivity index (χ0n) is 15.5. The number of carbonyl (C=O) groups is 1. The topological polar surface area (TPSA) is 95.1 Å². The lowest BCUT2D eigenvalue weighted by Crippen LogP contribution is -2.48. The first-order valence-corrected chi connectivity index (χ1v) is 9.81. The van der Waals surface area contributed by atoms with Crippen LogP contribution in [0.1, 0.15) is 32.1 Å². The van der Waals surface area contributed by atoms with Gasteiger partial charge in [-0.2, -0.15) is 5.10 Å². The van der Waals surface area contributed by atoms with Gasteiger partial charge in [0.1, 0.15) is 25.0 Å². The molecule has 27 heavy (non-hydrogen) atoms. The van der Waals surface area contributed by atoms with Crippen LogP contribution >= 0.6 is 0 Å². The standard InChI is InChI=1S/C20H27N5O2/c21-19-14-3-1-4-15(19)10-16(9-14)20(26)24-17-5-2-6-18(11-17)27-8-7-25-13-22-12-23-25/h2,5-6,11-16,19H,1,3-4,7-10,21H2,(H,24,26). The SMILES string of the molecule is NC1C2CCCC1CC(C(=O)Nc1cccc(OCCn3cncn3)c1)C2. The van der Waals surface area contributed by atoms with E-state index in [9.17, 15) is 4.79 Å². The molecule has 2 bridgehead atoms. The van der Waals surface area contributed by atoms with Crippen LogP contribution in [-0.4, -0.2) is 33.3 Å². The molecule has 2 aromatic rings. The first kappa shape index (κ1) is 18.0.